The third-order valence-electron chi connectivity index (χ3n) is 2.09. The average molecular weight is 334 g/mol. The molecule has 1 N–H and O–H groups in total. The molecule has 1 rings (SSSR count). The highest BCUT2D eigenvalue weighted by Gasteiger charge is 2.06. The molecule has 0 heterocycles. The van der Waals surface area contributed by atoms with E-state index < -0.39 is 5.97 Å². The molecule has 16 heavy (non-hydrogen) atoms. The van der Waals surface area contributed by atoms with Gasteiger partial charge in [-0.15, -0.1) is 0 Å². The lowest BCUT2D eigenvalue weighted by Gasteiger charge is -2.10. The number of carboxylic acid groups (broad SMARTS) is 1. The third kappa shape index (κ3) is 4.38. The van der Waals surface area contributed by atoms with Gasteiger partial charge in [0.25, 0.3) is 0 Å². The van der Waals surface area contributed by atoms with Crippen molar-refractivity contribution in [3.63, 3.8) is 0 Å². The summed E-state index contributed by atoms with van der Waals surface area (Å²) in [5.74, 6) is 0.0313. The Morgan fingerprint density at radius 3 is 2.88 bits per heavy atom. The molecule has 0 radical (unpaired) electrons. The Kier molecular flexibility index (Phi) is 5.59. The minimum atomic E-state index is -0.777. The molecule has 0 saturated carbocycles. The van der Waals surface area contributed by atoms with Gasteiger partial charge in [-0.2, -0.15) is 0 Å². The van der Waals surface area contributed by atoms with Gasteiger partial charge in [-0.25, -0.2) is 0 Å². The standard InChI is InChI=1S/C12H15IO3/c1-2-7-16-11-5-4-10(13)8-9(11)3-6-12(14)15/h4-5,8H,2-3,6-7H2,1H3,(H,14,15). The first kappa shape index (κ1) is 13.3. The largest absolute Gasteiger partial charge is 0.493 e. The van der Waals surface area contributed by atoms with Crippen molar-refractivity contribution in [3.05, 3.63) is 27.3 Å². The molecule has 0 aromatic heterocycles. The Balaban J connectivity index is 2.76. The molecule has 0 fully saturated rings. The SMILES string of the molecule is CCCOc1ccc(I)cc1CCC(=O)O. The van der Waals surface area contributed by atoms with Crippen LogP contribution in [-0.4, -0.2) is 17.7 Å². The number of hydrogen-bond acceptors (Lipinski definition) is 2. The summed E-state index contributed by atoms with van der Waals surface area (Å²) in [5, 5.41) is 8.67. The highest BCUT2D eigenvalue weighted by molar-refractivity contribution is 14.1. The average Bonchev–Trinajstić information content (AvgIpc) is 2.25. The van der Waals surface area contributed by atoms with Crippen LogP contribution in [0.1, 0.15) is 25.3 Å². The number of aliphatic carboxylic acids is 1. The van der Waals surface area contributed by atoms with E-state index in [1.165, 1.54) is 0 Å². The molecular weight excluding hydrogens is 319 g/mol. The van der Waals surface area contributed by atoms with Gasteiger partial charge in [-0.05, 0) is 59.2 Å². The van der Waals surface area contributed by atoms with Crippen molar-refractivity contribution in [2.75, 3.05) is 6.61 Å². The van der Waals surface area contributed by atoms with Crippen LogP contribution in [0.15, 0.2) is 18.2 Å². The molecule has 0 aliphatic heterocycles. The van der Waals surface area contributed by atoms with E-state index in [9.17, 15) is 4.79 Å². The molecule has 0 spiro atoms. The first-order valence-electron chi connectivity index (χ1n) is 5.26. The zero-order valence-electron chi connectivity index (χ0n) is 9.20. The second-order valence-corrected chi connectivity index (χ2v) is 4.74. The maximum atomic E-state index is 10.5. The zero-order chi connectivity index (χ0) is 12.0. The van der Waals surface area contributed by atoms with Crippen molar-refractivity contribution in [2.24, 2.45) is 0 Å². The normalized spacial score (nSPS) is 10.1. The summed E-state index contributed by atoms with van der Waals surface area (Å²) in [6.45, 7) is 2.71. The summed E-state index contributed by atoms with van der Waals surface area (Å²) < 4.78 is 6.68. The molecule has 88 valence electrons. The highest BCUT2D eigenvalue weighted by atomic mass is 127. The first-order chi connectivity index (χ1) is 7.63. The van der Waals surface area contributed by atoms with E-state index in [-0.39, 0.29) is 6.42 Å². The van der Waals surface area contributed by atoms with Crippen molar-refractivity contribution in [1.82, 2.24) is 0 Å². The summed E-state index contributed by atoms with van der Waals surface area (Å²) >= 11 is 2.21. The second kappa shape index (κ2) is 6.73. The number of carboxylic acids is 1. The number of rotatable bonds is 6. The maximum absolute atomic E-state index is 10.5. The fourth-order valence-corrected chi connectivity index (χ4v) is 1.89. The fourth-order valence-electron chi connectivity index (χ4n) is 1.34. The van der Waals surface area contributed by atoms with Crippen LogP contribution in [0.3, 0.4) is 0 Å². The molecule has 0 amide bonds. The lowest BCUT2D eigenvalue weighted by molar-refractivity contribution is -0.136. The van der Waals surface area contributed by atoms with Gasteiger partial charge in [-0.3, -0.25) is 4.79 Å². The summed E-state index contributed by atoms with van der Waals surface area (Å²) in [6.07, 6.45) is 1.61. The van der Waals surface area contributed by atoms with Gasteiger partial charge in [0.1, 0.15) is 5.75 Å². The van der Waals surface area contributed by atoms with E-state index >= 15 is 0 Å². The van der Waals surface area contributed by atoms with Gasteiger partial charge >= 0.3 is 5.97 Å². The van der Waals surface area contributed by atoms with Crippen molar-refractivity contribution in [1.29, 1.82) is 0 Å². The topological polar surface area (TPSA) is 46.5 Å². The minimum Gasteiger partial charge on any atom is -0.493 e. The maximum Gasteiger partial charge on any atom is 0.303 e. The number of ether oxygens (including phenoxy) is 1. The Bertz CT molecular complexity index is 363. The van der Waals surface area contributed by atoms with E-state index in [4.69, 9.17) is 9.84 Å². The van der Waals surface area contributed by atoms with Gasteiger partial charge < -0.3 is 9.84 Å². The van der Waals surface area contributed by atoms with E-state index in [1.807, 2.05) is 25.1 Å². The quantitative estimate of drug-likeness (QED) is 0.814. The number of benzene rings is 1. The van der Waals surface area contributed by atoms with Crippen LogP contribution >= 0.6 is 22.6 Å². The molecule has 0 saturated heterocycles. The third-order valence-corrected chi connectivity index (χ3v) is 2.76. The Hall–Kier alpha value is -0.780. The molecule has 0 atom stereocenters. The van der Waals surface area contributed by atoms with Gasteiger partial charge in [0.05, 0.1) is 6.61 Å². The molecule has 1 aromatic rings. The molecular formula is C12H15IO3. The van der Waals surface area contributed by atoms with Crippen molar-refractivity contribution in [3.8, 4) is 5.75 Å². The molecule has 1 aromatic carbocycles. The van der Waals surface area contributed by atoms with Gasteiger partial charge in [0.2, 0.25) is 0 Å². The van der Waals surface area contributed by atoms with Gasteiger partial charge in [0, 0.05) is 9.99 Å². The van der Waals surface area contributed by atoms with Gasteiger partial charge in [-0.1, -0.05) is 6.92 Å². The Labute approximate surface area is 109 Å². The molecule has 0 bridgehead atoms. The van der Waals surface area contributed by atoms with Crippen LogP contribution in [-0.2, 0) is 11.2 Å². The van der Waals surface area contributed by atoms with E-state index in [0.717, 1.165) is 21.3 Å². The number of aryl methyl sites for hydroxylation is 1. The zero-order valence-corrected chi connectivity index (χ0v) is 11.4. The summed E-state index contributed by atoms with van der Waals surface area (Å²) in [7, 11) is 0. The van der Waals surface area contributed by atoms with Crippen LogP contribution in [0.2, 0.25) is 0 Å². The van der Waals surface area contributed by atoms with E-state index in [2.05, 4.69) is 22.6 Å². The van der Waals surface area contributed by atoms with Crippen molar-refractivity contribution < 1.29 is 14.6 Å². The smallest absolute Gasteiger partial charge is 0.303 e. The highest BCUT2D eigenvalue weighted by Crippen LogP contribution is 2.22. The summed E-state index contributed by atoms with van der Waals surface area (Å²) in [5.41, 5.74) is 0.975. The molecule has 4 heteroatoms. The predicted molar refractivity (Wildman–Crippen MR) is 70.9 cm³/mol. The minimum absolute atomic E-state index is 0.141. The predicted octanol–water partition coefficient (Wildman–Crippen LogP) is 3.10. The van der Waals surface area contributed by atoms with Crippen LogP contribution < -0.4 is 4.74 Å². The van der Waals surface area contributed by atoms with Crippen LogP contribution in [0.5, 0.6) is 5.75 Å². The Morgan fingerprint density at radius 2 is 2.25 bits per heavy atom. The lowest BCUT2D eigenvalue weighted by atomic mass is 10.1. The number of halogens is 1. The number of hydrogen-bond donors (Lipinski definition) is 1. The molecule has 3 nitrogen and oxygen atoms in total. The number of carbonyl (C=O) groups is 1. The Morgan fingerprint density at radius 1 is 1.50 bits per heavy atom. The first-order valence-corrected chi connectivity index (χ1v) is 6.34. The summed E-state index contributed by atoms with van der Waals surface area (Å²) in [4.78, 5) is 10.5. The monoisotopic (exact) mass is 334 g/mol. The van der Waals surface area contributed by atoms with Crippen LogP contribution in [0.25, 0.3) is 0 Å². The van der Waals surface area contributed by atoms with Gasteiger partial charge in [0.15, 0.2) is 0 Å². The van der Waals surface area contributed by atoms with Crippen molar-refractivity contribution >= 4 is 28.6 Å². The van der Waals surface area contributed by atoms with Crippen molar-refractivity contribution in [2.45, 2.75) is 26.2 Å². The molecule has 0 aliphatic carbocycles. The molecule has 0 unspecified atom stereocenters. The lowest BCUT2D eigenvalue weighted by Crippen LogP contribution is -2.02. The second-order valence-electron chi connectivity index (χ2n) is 3.49. The van der Waals surface area contributed by atoms with E-state index in [0.29, 0.717) is 13.0 Å². The van der Waals surface area contributed by atoms with Crippen LogP contribution in [0, 0.1) is 3.57 Å². The van der Waals surface area contributed by atoms with Crippen LogP contribution in [0.4, 0.5) is 0 Å². The fraction of sp³-hybridized carbons (Fsp3) is 0.417. The van der Waals surface area contributed by atoms with E-state index in [1.54, 1.807) is 0 Å². The molecule has 0 aliphatic rings. The summed E-state index contributed by atoms with van der Waals surface area (Å²) in [6, 6.07) is 5.86.